The van der Waals surface area contributed by atoms with Crippen molar-refractivity contribution in [1.82, 2.24) is 20.4 Å². The first-order valence-electron chi connectivity index (χ1n) is 11.2. The highest BCUT2D eigenvalue weighted by molar-refractivity contribution is 7.12. The molecule has 0 spiro atoms. The molecule has 1 aliphatic rings. The van der Waals surface area contributed by atoms with Gasteiger partial charge >= 0.3 is 0 Å². The van der Waals surface area contributed by atoms with E-state index in [1.807, 2.05) is 71.8 Å². The fraction of sp³-hybridized carbons (Fsp3) is 0.192. The third-order valence-electron chi connectivity index (χ3n) is 5.94. The normalized spacial score (nSPS) is 14.1. The third kappa shape index (κ3) is 4.50. The van der Waals surface area contributed by atoms with Gasteiger partial charge in [-0.3, -0.25) is 14.7 Å². The lowest BCUT2D eigenvalue weighted by atomic mass is 10.1. The van der Waals surface area contributed by atoms with Crippen LogP contribution in [-0.2, 0) is 0 Å². The van der Waals surface area contributed by atoms with Crippen LogP contribution in [0.15, 0.2) is 53.9 Å². The SMILES string of the molecule is Cc1ccsc1C(=O)Nc1cc(C(=O)N2CCNCC2)ccc1/C=C/c1n[nH]c2ccccc12. The van der Waals surface area contributed by atoms with Crippen molar-refractivity contribution in [2.75, 3.05) is 31.5 Å². The Morgan fingerprint density at radius 3 is 2.71 bits per heavy atom. The second-order valence-corrected chi connectivity index (χ2v) is 9.13. The van der Waals surface area contributed by atoms with E-state index >= 15 is 0 Å². The summed E-state index contributed by atoms with van der Waals surface area (Å²) in [5, 5.41) is 16.6. The summed E-state index contributed by atoms with van der Waals surface area (Å²) < 4.78 is 0. The van der Waals surface area contributed by atoms with E-state index < -0.39 is 0 Å². The number of rotatable bonds is 5. The van der Waals surface area contributed by atoms with E-state index in [1.165, 1.54) is 11.3 Å². The van der Waals surface area contributed by atoms with Gasteiger partial charge in [0.25, 0.3) is 11.8 Å². The largest absolute Gasteiger partial charge is 0.336 e. The Kier molecular flexibility index (Phi) is 6.24. The molecular formula is C26H25N5O2S. The first-order valence-corrected chi connectivity index (χ1v) is 12.1. The number of amides is 2. The van der Waals surface area contributed by atoms with E-state index in [2.05, 4.69) is 20.8 Å². The molecule has 4 aromatic rings. The fourth-order valence-electron chi connectivity index (χ4n) is 4.06. The van der Waals surface area contributed by atoms with Gasteiger partial charge in [0, 0.05) is 42.8 Å². The van der Waals surface area contributed by atoms with Gasteiger partial charge < -0.3 is 15.5 Å². The quantitative estimate of drug-likeness (QED) is 0.402. The molecule has 2 amide bonds. The van der Waals surface area contributed by atoms with E-state index in [4.69, 9.17) is 0 Å². The maximum Gasteiger partial charge on any atom is 0.266 e. The van der Waals surface area contributed by atoms with Crippen molar-refractivity contribution in [3.63, 3.8) is 0 Å². The number of piperazine rings is 1. The van der Waals surface area contributed by atoms with Crippen molar-refractivity contribution >= 4 is 51.9 Å². The number of aromatic amines is 1. The first-order chi connectivity index (χ1) is 16.6. The maximum atomic E-state index is 13.1. The molecule has 0 aliphatic carbocycles. The maximum absolute atomic E-state index is 13.1. The van der Waals surface area contributed by atoms with Crippen LogP contribution in [0, 0.1) is 6.92 Å². The molecule has 172 valence electrons. The van der Waals surface area contributed by atoms with Crippen molar-refractivity contribution in [2.45, 2.75) is 6.92 Å². The summed E-state index contributed by atoms with van der Waals surface area (Å²) in [5.41, 5.74) is 4.64. The summed E-state index contributed by atoms with van der Waals surface area (Å²) in [6, 6.07) is 15.3. The summed E-state index contributed by atoms with van der Waals surface area (Å²) >= 11 is 1.40. The number of fused-ring (bicyclic) bond motifs is 1. The number of hydrogen-bond donors (Lipinski definition) is 3. The molecule has 0 unspecified atom stereocenters. The number of anilines is 1. The van der Waals surface area contributed by atoms with Gasteiger partial charge in [0.1, 0.15) is 0 Å². The molecule has 2 aromatic carbocycles. The topological polar surface area (TPSA) is 90.1 Å². The lowest BCUT2D eigenvalue weighted by Crippen LogP contribution is -2.46. The van der Waals surface area contributed by atoms with Crippen LogP contribution in [0.2, 0.25) is 0 Å². The van der Waals surface area contributed by atoms with Gasteiger partial charge in [-0.1, -0.05) is 30.3 Å². The van der Waals surface area contributed by atoms with Crippen LogP contribution in [0.4, 0.5) is 5.69 Å². The minimum absolute atomic E-state index is 0.0295. The molecule has 0 radical (unpaired) electrons. The highest BCUT2D eigenvalue weighted by Crippen LogP contribution is 2.25. The number of H-pyrrole nitrogens is 1. The van der Waals surface area contributed by atoms with Crippen molar-refractivity contribution in [3.8, 4) is 0 Å². The molecule has 1 fully saturated rings. The summed E-state index contributed by atoms with van der Waals surface area (Å²) in [6.07, 6.45) is 3.83. The van der Waals surface area contributed by atoms with Crippen LogP contribution in [-0.4, -0.2) is 53.1 Å². The predicted molar refractivity (Wildman–Crippen MR) is 137 cm³/mol. The monoisotopic (exact) mass is 471 g/mol. The molecule has 1 saturated heterocycles. The van der Waals surface area contributed by atoms with Crippen molar-refractivity contribution < 1.29 is 9.59 Å². The standard InChI is InChI=1S/C26H25N5O2S/c1-17-10-15-34-24(17)25(32)28-23-16-19(26(33)31-13-11-27-12-14-31)7-6-18(23)8-9-22-20-4-2-3-5-21(20)29-30-22/h2-10,15-16,27H,11-14H2,1H3,(H,28,32)(H,29,30)/b9-8+. The van der Waals surface area contributed by atoms with E-state index in [1.54, 1.807) is 6.07 Å². The lowest BCUT2D eigenvalue weighted by Gasteiger charge is -2.27. The number of aryl methyl sites for hydroxylation is 1. The summed E-state index contributed by atoms with van der Waals surface area (Å²) in [6.45, 7) is 4.82. The average Bonchev–Trinajstić information content (AvgIpc) is 3.49. The molecule has 8 heteroatoms. The summed E-state index contributed by atoms with van der Waals surface area (Å²) in [7, 11) is 0. The minimum Gasteiger partial charge on any atom is -0.336 e. The molecule has 2 aromatic heterocycles. The molecule has 0 bridgehead atoms. The van der Waals surface area contributed by atoms with E-state index in [0.29, 0.717) is 29.2 Å². The fourth-order valence-corrected chi connectivity index (χ4v) is 4.88. The zero-order valence-electron chi connectivity index (χ0n) is 18.8. The Hall–Kier alpha value is -3.75. The number of hydrogen-bond acceptors (Lipinski definition) is 5. The molecule has 34 heavy (non-hydrogen) atoms. The predicted octanol–water partition coefficient (Wildman–Crippen LogP) is 4.40. The van der Waals surface area contributed by atoms with Crippen LogP contribution in [0.5, 0.6) is 0 Å². The van der Waals surface area contributed by atoms with Crippen LogP contribution in [0.25, 0.3) is 23.1 Å². The number of carbonyl (C=O) groups excluding carboxylic acids is 2. The molecule has 1 aliphatic heterocycles. The number of thiophene rings is 1. The Bertz CT molecular complexity index is 1380. The smallest absolute Gasteiger partial charge is 0.266 e. The molecule has 0 saturated carbocycles. The lowest BCUT2D eigenvalue weighted by molar-refractivity contribution is 0.0735. The van der Waals surface area contributed by atoms with Crippen molar-refractivity contribution in [3.05, 3.63) is 81.2 Å². The number of carbonyl (C=O) groups is 2. The second kappa shape index (κ2) is 9.62. The number of nitrogens with one attached hydrogen (secondary N) is 3. The van der Waals surface area contributed by atoms with Gasteiger partial charge in [0.2, 0.25) is 0 Å². The summed E-state index contributed by atoms with van der Waals surface area (Å²) in [5.74, 6) is -0.211. The second-order valence-electron chi connectivity index (χ2n) is 8.22. The molecule has 5 rings (SSSR count). The van der Waals surface area contributed by atoms with Crippen molar-refractivity contribution in [1.29, 1.82) is 0 Å². The molecule has 3 N–H and O–H groups in total. The van der Waals surface area contributed by atoms with Gasteiger partial charge in [-0.25, -0.2) is 0 Å². The van der Waals surface area contributed by atoms with Crippen LogP contribution in [0.1, 0.15) is 36.9 Å². The molecule has 3 heterocycles. The van der Waals surface area contributed by atoms with Gasteiger partial charge in [-0.2, -0.15) is 5.10 Å². The Morgan fingerprint density at radius 2 is 1.91 bits per heavy atom. The summed E-state index contributed by atoms with van der Waals surface area (Å²) in [4.78, 5) is 28.6. The van der Waals surface area contributed by atoms with E-state index in [9.17, 15) is 9.59 Å². The zero-order chi connectivity index (χ0) is 23.5. The van der Waals surface area contributed by atoms with Gasteiger partial charge in [0.05, 0.1) is 16.1 Å². The highest BCUT2D eigenvalue weighted by Gasteiger charge is 2.20. The number of benzene rings is 2. The number of nitrogens with zero attached hydrogens (tertiary/aromatic N) is 2. The Labute approximate surface area is 201 Å². The van der Waals surface area contributed by atoms with Gasteiger partial charge in [-0.15, -0.1) is 11.3 Å². The van der Waals surface area contributed by atoms with Crippen LogP contribution in [0.3, 0.4) is 0 Å². The average molecular weight is 472 g/mol. The third-order valence-corrected chi connectivity index (χ3v) is 6.96. The Morgan fingerprint density at radius 1 is 1.09 bits per heavy atom. The van der Waals surface area contributed by atoms with E-state index in [0.717, 1.165) is 40.8 Å². The minimum atomic E-state index is -0.181. The molecular weight excluding hydrogens is 446 g/mol. The zero-order valence-corrected chi connectivity index (χ0v) is 19.6. The van der Waals surface area contributed by atoms with Gasteiger partial charge in [-0.05, 0) is 53.8 Å². The Balaban J connectivity index is 1.48. The molecule has 0 atom stereocenters. The van der Waals surface area contributed by atoms with E-state index in [-0.39, 0.29) is 11.8 Å². The van der Waals surface area contributed by atoms with Crippen LogP contribution < -0.4 is 10.6 Å². The highest BCUT2D eigenvalue weighted by atomic mass is 32.1. The van der Waals surface area contributed by atoms with Crippen molar-refractivity contribution in [2.24, 2.45) is 0 Å². The van der Waals surface area contributed by atoms with Gasteiger partial charge in [0.15, 0.2) is 0 Å². The molecule has 7 nitrogen and oxygen atoms in total. The van der Waals surface area contributed by atoms with Crippen LogP contribution >= 0.6 is 11.3 Å². The number of aromatic nitrogens is 2. The number of para-hydroxylation sites is 1. The first kappa shape index (κ1) is 22.1.